The third-order valence-electron chi connectivity index (χ3n) is 3.79. The highest BCUT2D eigenvalue weighted by Crippen LogP contribution is 2.19. The summed E-state index contributed by atoms with van der Waals surface area (Å²) in [4.78, 5) is 2.52. The molecule has 1 aromatic carbocycles. The highest BCUT2D eigenvalue weighted by molar-refractivity contribution is 5.16. The van der Waals surface area contributed by atoms with Gasteiger partial charge in [0.1, 0.15) is 0 Å². The molecule has 2 heteroatoms. The van der Waals surface area contributed by atoms with Gasteiger partial charge in [-0.2, -0.15) is 0 Å². The van der Waals surface area contributed by atoms with Crippen molar-refractivity contribution in [1.29, 1.82) is 0 Å². The zero-order valence-corrected chi connectivity index (χ0v) is 11.5. The van der Waals surface area contributed by atoms with Gasteiger partial charge in [0, 0.05) is 31.2 Å². The molecule has 2 nitrogen and oxygen atoms in total. The van der Waals surface area contributed by atoms with Gasteiger partial charge in [-0.05, 0) is 25.8 Å². The van der Waals surface area contributed by atoms with Crippen LogP contribution in [0.15, 0.2) is 43.0 Å². The molecule has 0 bridgehead atoms. The van der Waals surface area contributed by atoms with E-state index in [0.29, 0.717) is 6.04 Å². The fraction of sp³-hybridized carbons (Fsp3) is 0.500. The zero-order chi connectivity index (χ0) is 13.0. The van der Waals surface area contributed by atoms with Gasteiger partial charge in [-0.25, -0.2) is 0 Å². The first kappa shape index (κ1) is 13.3. The summed E-state index contributed by atoms with van der Waals surface area (Å²) in [6.07, 6.45) is 3.11. The molecule has 0 amide bonds. The Labute approximate surface area is 111 Å². The van der Waals surface area contributed by atoms with Crippen molar-refractivity contribution >= 4 is 0 Å². The van der Waals surface area contributed by atoms with E-state index in [1.807, 2.05) is 6.08 Å². The lowest BCUT2D eigenvalue weighted by Gasteiger charge is -2.46. The number of nitrogens with zero attached hydrogens (tertiary/aromatic N) is 1. The number of hydrogen-bond donors (Lipinski definition) is 1. The number of hydrogen-bond acceptors (Lipinski definition) is 2. The summed E-state index contributed by atoms with van der Waals surface area (Å²) < 4.78 is 0. The minimum Gasteiger partial charge on any atom is -0.311 e. The summed E-state index contributed by atoms with van der Waals surface area (Å²) in [5, 5.41) is 3.67. The van der Waals surface area contributed by atoms with Crippen LogP contribution in [0, 0.1) is 0 Å². The fourth-order valence-corrected chi connectivity index (χ4v) is 2.60. The molecular formula is C16H24N2. The molecule has 1 heterocycles. The van der Waals surface area contributed by atoms with Crippen LogP contribution >= 0.6 is 0 Å². The summed E-state index contributed by atoms with van der Waals surface area (Å²) in [7, 11) is 0. The summed E-state index contributed by atoms with van der Waals surface area (Å²) in [6, 6.07) is 11.3. The number of nitrogens with one attached hydrogen (secondary N) is 1. The first-order valence-electron chi connectivity index (χ1n) is 6.75. The molecule has 0 spiro atoms. The smallest absolute Gasteiger partial charge is 0.0281 e. The minimum absolute atomic E-state index is 0.224. The van der Waals surface area contributed by atoms with Crippen LogP contribution in [0.25, 0.3) is 0 Å². The molecule has 1 aliphatic rings. The van der Waals surface area contributed by atoms with E-state index in [4.69, 9.17) is 0 Å². The SMILES string of the molecule is C=CCN1CC(Cc2ccccc2)NCC1(C)C. The van der Waals surface area contributed by atoms with Crippen molar-refractivity contribution in [2.45, 2.75) is 31.8 Å². The second-order valence-corrected chi connectivity index (χ2v) is 5.77. The van der Waals surface area contributed by atoms with E-state index in [1.165, 1.54) is 5.56 Å². The van der Waals surface area contributed by atoms with E-state index in [1.54, 1.807) is 0 Å². The molecule has 0 aromatic heterocycles. The molecule has 98 valence electrons. The largest absolute Gasteiger partial charge is 0.311 e. The van der Waals surface area contributed by atoms with E-state index in [0.717, 1.165) is 26.1 Å². The number of piperazine rings is 1. The number of rotatable bonds is 4. The van der Waals surface area contributed by atoms with Gasteiger partial charge in [0.2, 0.25) is 0 Å². The van der Waals surface area contributed by atoms with Gasteiger partial charge in [-0.3, -0.25) is 4.90 Å². The third kappa shape index (κ3) is 3.21. The maximum atomic E-state index is 3.87. The first-order valence-corrected chi connectivity index (χ1v) is 6.75. The van der Waals surface area contributed by atoms with Crippen LogP contribution in [-0.2, 0) is 6.42 Å². The van der Waals surface area contributed by atoms with Crippen molar-refractivity contribution < 1.29 is 0 Å². The summed E-state index contributed by atoms with van der Waals surface area (Å²) >= 11 is 0. The summed E-state index contributed by atoms with van der Waals surface area (Å²) in [5.41, 5.74) is 1.63. The lowest BCUT2D eigenvalue weighted by atomic mass is 9.94. The summed E-state index contributed by atoms with van der Waals surface area (Å²) in [6.45, 7) is 11.6. The van der Waals surface area contributed by atoms with E-state index < -0.39 is 0 Å². The molecule has 1 saturated heterocycles. The molecule has 1 fully saturated rings. The van der Waals surface area contributed by atoms with Crippen molar-refractivity contribution in [3.05, 3.63) is 48.6 Å². The second-order valence-electron chi connectivity index (χ2n) is 5.77. The Morgan fingerprint density at radius 1 is 1.39 bits per heavy atom. The van der Waals surface area contributed by atoms with Crippen LogP contribution in [-0.4, -0.2) is 36.1 Å². The van der Waals surface area contributed by atoms with E-state index in [-0.39, 0.29) is 5.54 Å². The molecule has 2 rings (SSSR count). The predicted octanol–water partition coefficient (Wildman–Crippen LogP) is 2.47. The molecule has 1 atom stereocenters. The molecule has 18 heavy (non-hydrogen) atoms. The molecule has 1 aliphatic heterocycles. The Balaban J connectivity index is 1.98. The lowest BCUT2D eigenvalue weighted by molar-refractivity contribution is 0.0786. The summed E-state index contributed by atoms with van der Waals surface area (Å²) in [5.74, 6) is 0. The van der Waals surface area contributed by atoms with Crippen LogP contribution in [0.2, 0.25) is 0 Å². The van der Waals surface area contributed by atoms with E-state index >= 15 is 0 Å². The van der Waals surface area contributed by atoms with Gasteiger partial charge in [0.25, 0.3) is 0 Å². The van der Waals surface area contributed by atoms with Crippen LogP contribution in [0.4, 0.5) is 0 Å². The van der Waals surface area contributed by atoms with Gasteiger partial charge in [0.15, 0.2) is 0 Å². The van der Waals surface area contributed by atoms with Crippen LogP contribution in [0.3, 0.4) is 0 Å². The Bertz CT molecular complexity index is 383. The maximum absolute atomic E-state index is 3.87. The van der Waals surface area contributed by atoms with Crippen molar-refractivity contribution in [2.24, 2.45) is 0 Å². The number of benzene rings is 1. The van der Waals surface area contributed by atoms with Crippen LogP contribution in [0.1, 0.15) is 19.4 Å². The topological polar surface area (TPSA) is 15.3 Å². The highest BCUT2D eigenvalue weighted by atomic mass is 15.3. The molecule has 0 aliphatic carbocycles. The van der Waals surface area contributed by atoms with Crippen LogP contribution < -0.4 is 5.32 Å². The normalized spacial score (nSPS) is 23.8. The molecule has 1 aromatic rings. The van der Waals surface area contributed by atoms with Gasteiger partial charge in [0.05, 0.1) is 0 Å². The minimum atomic E-state index is 0.224. The molecule has 0 radical (unpaired) electrons. The van der Waals surface area contributed by atoms with Crippen LogP contribution in [0.5, 0.6) is 0 Å². The average molecular weight is 244 g/mol. The molecule has 1 unspecified atom stereocenters. The Hall–Kier alpha value is -1.12. The van der Waals surface area contributed by atoms with Crippen molar-refractivity contribution in [3.63, 3.8) is 0 Å². The van der Waals surface area contributed by atoms with Gasteiger partial charge >= 0.3 is 0 Å². The van der Waals surface area contributed by atoms with E-state index in [9.17, 15) is 0 Å². The van der Waals surface area contributed by atoms with Gasteiger partial charge in [-0.1, -0.05) is 36.4 Å². The monoisotopic (exact) mass is 244 g/mol. The van der Waals surface area contributed by atoms with E-state index in [2.05, 4.69) is 61.0 Å². The van der Waals surface area contributed by atoms with Gasteiger partial charge < -0.3 is 5.32 Å². The first-order chi connectivity index (χ1) is 8.62. The average Bonchev–Trinajstić information content (AvgIpc) is 2.35. The molecular weight excluding hydrogens is 220 g/mol. The standard InChI is InChI=1S/C16H24N2/c1-4-10-18-12-15(17-13-16(18,2)3)11-14-8-6-5-7-9-14/h4-9,15,17H,1,10-13H2,2-3H3. The Morgan fingerprint density at radius 2 is 2.11 bits per heavy atom. The third-order valence-corrected chi connectivity index (χ3v) is 3.79. The predicted molar refractivity (Wildman–Crippen MR) is 77.8 cm³/mol. The highest BCUT2D eigenvalue weighted by Gasteiger charge is 2.32. The maximum Gasteiger partial charge on any atom is 0.0281 e. The van der Waals surface area contributed by atoms with Crippen molar-refractivity contribution in [2.75, 3.05) is 19.6 Å². The molecule has 1 N–H and O–H groups in total. The fourth-order valence-electron chi connectivity index (χ4n) is 2.60. The van der Waals surface area contributed by atoms with Crippen molar-refractivity contribution in [1.82, 2.24) is 10.2 Å². The van der Waals surface area contributed by atoms with Gasteiger partial charge in [-0.15, -0.1) is 6.58 Å². The quantitative estimate of drug-likeness (QED) is 0.819. The van der Waals surface area contributed by atoms with Crippen molar-refractivity contribution in [3.8, 4) is 0 Å². The Kier molecular flexibility index (Phi) is 4.20. The zero-order valence-electron chi connectivity index (χ0n) is 11.5. The molecule has 0 saturated carbocycles. The second kappa shape index (κ2) is 5.68. The lowest BCUT2D eigenvalue weighted by Crippen LogP contribution is -2.62. The Morgan fingerprint density at radius 3 is 2.78 bits per heavy atom.